The molecule has 1 N–H and O–H groups in total. The Hall–Kier alpha value is -1.000. The molecule has 1 unspecified atom stereocenters. The molecule has 1 atom stereocenters. The summed E-state index contributed by atoms with van der Waals surface area (Å²) in [6, 6.07) is 6.12. The molecule has 3 nitrogen and oxygen atoms in total. The second kappa shape index (κ2) is 6.25. The molecule has 0 fully saturated rings. The minimum Gasteiger partial charge on any atom is -0.469 e. The molecular weight excluding hydrogens is 316 g/mol. The zero-order valence-electron chi connectivity index (χ0n) is 9.99. The van der Waals surface area contributed by atoms with Gasteiger partial charge in [0, 0.05) is 23.1 Å². The van der Waals surface area contributed by atoms with Crippen molar-refractivity contribution in [2.45, 2.75) is 25.8 Å². The maximum atomic E-state index is 6.03. The molecule has 5 heteroatoms. The monoisotopic (exact) mass is 328 g/mol. The van der Waals surface area contributed by atoms with Gasteiger partial charge in [0.15, 0.2) is 5.15 Å². The molecule has 0 aromatic carbocycles. The van der Waals surface area contributed by atoms with E-state index in [-0.39, 0.29) is 0 Å². The van der Waals surface area contributed by atoms with Gasteiger partial charge in [-0.15, -0.1) is 0 Å². The maximum absolute atomic E-state index is 6.03. The summed E-state index contributed by atoms with van der Waals surface area (Å²) in [6.45, 7) is 2.11. The van der Waals surface area contributed by atoms with Gasteiger partial charge in [0.05, 0.1) is 12.0 Å². The minimum absolute atomic E-state index is 0.295. The highest BCUT2D eigenvalue weighted by molar-refractivity contribution is 9.10. The smallest absolute Gasteiger partial charge is 0.152 e. The molecule has 0 spiro atoms. The SMILES string of the molecule is CC(CCc1ccco1)Nc1cc(Br)cnc1Cl. The van der Waals surface area contributed by atoms with Crippen molar-refractivity contribution in [3.63, 3.8) is 0 Å². The Morgan fingerprint density at radius 1 is 1.56 bits per heavy atom. The number of hydrogen-bond acceptors (Lipinski definition) is 3. The number of anilines is 1. The molecule has 0 amide bonds. The number of halogens is 2. The van der Waals surface area contributed by atoms with Crippen molar-refractivity contribution < 1.29 is 4.42 Å². The second-order valence-corrected chi connectivity index (χ2v) is 5.43. The molecule has 0 aliphatic carbocycles. The van der Waals surface area contributed by atoms with Crippen molar-refractivity contribution in [2.24, 2.45) is 0 Å². The van der Waals surface area contributed by atoms with Crippen LogP contribution in [0.5, 0.6) is 0 Å². The van der Waals surface area contributed by atoms with Gasteiger partial charge in [-0.3, -0.25) is 0 Å². The lowest BCUT2D eigenvalue weighted by atomic mass is 10.1. The summed E-state index contributed by atoms with van der Waals surface area (Å²) in [6.07, 6.45) is 5.25. The molecule has 2 heterocycles. The van der Waals surface area contributed by atoms with Crippen molar-refractivity contribution in [3.05, 3.63) is 46.0 Å². The van der Waals surface area contributed by atoms with E-state index in [0.717, 1.165) is 28.8 Å². The quantitative estimate of drug-likeness (QED) is 0.819. The molecule has 18 heavy (non-hydrogen) atoms. The van der Waals surface area contributed by atoms with Crippen LogP contribution in [-0.4, -0.2) is 11.0 Å². The Labute approximate surface area is 120 Å². The first-order valence-electron chi connectivity index (χ1n) is 5.75. The van der Waals surface area contributed by atoms with Gasteiger partial charge in [-0.2, -0.15) is 0 Å². The Morgan fingerprint density at radius 3 is 3.11 bits per heavy atom. The number of rotatable bonds is 5. The highest BCUT2D eigenvalue weighted by Gasteiger charge is 2.08. The molecule has 2 aromatic rings. The van der Waals surface area contributed by atoms with Gasteiger partial charge in [-0.25, -0.2) is 4.98 Å². The normalized spacial score (nSPS) is 12.4. The molecular formula is C13H14BrClN2O. The van der Waals surface area contributed by atoms with Gasteiger partial charge in [0.2, 0.25) is 0 Å². The predicted octanol–water partition coefficient (Wildman–Crippen LogP) is 4.52. The Kier molecular flexibility index (Phi) is 4.66. The fourth-order valence-electron chi connectivity index (χ4n) is 1.68. The third-order valence-electron chi connectivity index (χ3n) is 2.61. The van der Waals surface area contributed by atoms with Crippen LogP contribution < -0.4 is 5.32 Å². The molecule has 0 saturated carbocycles. The average Bonchev–Trinajstić information content (AvgIpc) is 2.84. The summed E-state index contributed by atoms with van der Waals surface area (Å²) in [5, 5.41) is 3.84. The van der Waals surface area contributed by atoms with Crippen LogP contribution in [0.2, 0.25) is 5.15 Å². The van der Waals surface area contributed by atoms with E-state index in [4.69, 9.17) is 16.0 Å². The zero-order valence-corrected chi connectivity index (χ0v) is 12.3. The largest absolute Gasteiger partial charge is 0.469 e. The lowest BCUT2D eigenvalue weighted by Crippen LogP contribution is -2.16. The van der Waals surface area contributed by atoms with Crippen molar-refractivity contribution >= 4 is 33.2 Å². The number of furan rings is 1. The van der Waals surface area contributed by atoms with Crippen LogP contribution in [-0.2, 0) is 6.42 Å². The number of hydrogen-bond donors (Lipinski definition) is 1. The van der Waals surface area contributed by atoms with E-state index < -0.39 is 0 Å². The second-order valence-electron chi connectivity index (χ2n) is 4.16. The van der Waals surface area contributed by atoms with Crippen LogP contribution in [0.25, 0.3) is 0 Å². The number of nitrogens with zero attached hydrogens (tertiary/aromatic N) is 1. The van der Waals surface area contributed by atoms with Crippen LogP contribution in [0, 0.1) is 0 Å². The van der Waals surface area contributed by atoms with E-state index in [1.807, 2.05) is 18.2 Å². The van der Waals surface area contributed by atoms with Crippen molar-refractivity contribution in [1.29, 1.82) is 0 Å². The van der Waals surface area contributed by atoms with Crippen LogP contribution in [0.3, 0.4) is 0 Å². The Bertz CT molecular complexity index is 502. The fourth-order valence-corrected chi connectivity index (χ4v) is 2.16. The highest BCUT2D eigenvalue weighted by Crippen LogP contribution is 2.24. The van der Waals surface area contributed by atoms with Crippen molar-refractivity contribution in [1.82, 2.24) is 4.98 Å². The molecule has 96 valence electrons. The van der Waals surface area contributed by atoms with Gasteiger partial charge in [0.25, 0.3) is 0 Å². The number of nitrogens with one attached hydrogen (secondary N) is 1. The van der Waals surface area contributed by atoms with E-state index in [1.165, 1.54) is 0 Å². The first-order valence-corrected chi connectivity index (χ1v) is 6.92. The van der Waals surface area contributed by atoms with Gasteiger partial charge in [0.1, 0.15) is 5.76 Å². The first kappa shape index (κ1) is 13.4. The summed E-state index contributed by atoms with van der Waals surface area (Å²) in [5.41, 5.74) is 0.845. The molecule has 2 aromatic heterocycles. The molecule has 0 aliphatic rings. The number of aromatic nitrogens is 1. The number of pyridine rings is 1. The summed E-state index contributed by atoms with van der Waals surface area (Å²) < 4.78 is 6.21. The molecule has 0 aliphatic heterocycles. The zero-order chi connectivity index (χ0) is 13.0. The Morgan fingerprint density at radius 2 is 2.39 bits per heavy atom. The molecule has 0 radical (unpaired) electrons. The summed E-state index contributed by atoms with van der Waals surface area (Å²) in [7, 11) is 0. The minimum atomic E-state index is 0.295. The highest BCUT2D eigenvalue weighted by atomic mass is 79.9. The Balaban J connectivity index is 1.90. The van der Waals surface area contributed by atoms with Gasteiger partial charge >= 0.3 is 0 Å². The van der Waals surface area contributed by atoms with Crippen LogP contribution in [0.15, 0.2) is 39.5 Å². The van der Waals surface area contributed by atoms with E-state index in [1.54, 1.807) is 12.5 Å². The average molecular weight is 330 g/mol. The van der Waals surface area contributed by atoms with Crippen LogP contribution in [0.4, 0.5) is 5.69 Å². The topological polar surface area (TPSA) is 38.1 Å². The third kappa shape index (κ3) is 3.75. The van der Waals surface area contributed by atoms with E-state index in [0.29, 0.717) is 11.2 Å². The summed E-state index contributed by atoms with van der Waals surface area (Å²) in [5.74, 6) is 1.00. The molecule has 0 bridgehead atoms. The summed E-state index contributed by atoms with van der Waals surface area (Å²) in [4.78, 5) is 4.08. The lowest BCUT2D eigenvalue weighted by molar-refractivity contribution is 0.495. The van der Waals surface area contributed by atoms with Crippen LogP contribution >= 0.6 is 27.5 Å². The lowest BCUT2D eigenvalue weighted by Gasteiger charge is -2.15. The van der Waals surface area contributed by atoms with Crippen LogP contribution in [0.1, 0.15) is 19.1 Å². The van der Waals surface area contributed by atoms with Gasteiger partial charge in [-0.1, -0.05) is 11.6 Å². The van der Waals surface area contributed by atoms with Crippen molar-refractivity contribution in [3.8, 4) is 0 Å². The van der Waals surface area contributed by atoms with Gasteiger partial charge < -0.3 is 9.73 Å². The molecule has 0 saturated heterocycles. The van der Waals surface area contributed by atoms with E-state index in [2.05, 4.69) is 33.2 Å². The maximum Gasteiger partial charge on any atom is 0.152 e. The predicted molar refractivity (Wildman–Crippen MR) is 77.1 cm³/mol. The first-order chi connectivity index (χ1) is 8.65. The molecule has 2 rings (SSSR count). The van der Waals surface area contributed by atoms with Gasteiger partial charge in [-0.05, 0) is 47.5 Å². The third-order valence-corrected chi connectivity index (χ3v) is 3.35. The fraction of sp³-hybridized carbons (Fsp3) is 0.308. The number of aryl methyl sites for hydroxylation is 1. The van der Waals surface area contributed by atoms with Crippen molar-refractivity contribution in [2.75, 3.05) is 5.32 Å². The van der Waals surface area contributed by atoms with E-state index in [9.17, 15) is 0 Å². The standard InChI is InChI=1S/C13H14BrClN2O/c1-9(4-5-11-3-2-6-18-11)17-12-7-10(14)8-16-13(12)15/h2-3,6-9,17H,4-5H2,1H3. The summed E-state index contributed by atoms with van der Waals surface area (Å²) >= 11 is 9.41. The van der Waals surface area contributed by atoms with E-state index >= 15 is 0 Å².